The molecular weight excluding hydrogens is 132 g/mol. The van der Waals surface area contributed by atoms with Gasteiger partial charge in [-0.1, -0.05) is 0 Å². The molecule has 0 radical (unpaired) electrons. The van der Waals surface area contributed by atoms with Crippen LogP contribution >= 0.6 is 0 Å². The molecule has 0 spiro atoms. The number of methoxy groups -OCH3 is 1. The third-order valence-electron chi connectivity index (χ3n) is 0.949. The Bertz CT molecular complexity index is 217. The Morgan fingerprint density at radius 1 is 1.40 bits per heavy atom. The topological polar surface area (TPSA) is 87.0 Å². The Labute approximate surface area is 58.0 Å². The van der Waals surface area contributed by atoms with E-state index in [1.54, 1.807) is 0 Å². The van der Waals surface area contributed by atoms with Gasteiger partial charge in [0.05, 0.1) is 7.11 Å². The molecule has 0 aromatic carbocycles. The van der Waals surface area contributed by atoms with Gasteiger partial charge in [0.2, 0.25) is 11.8 Å². The summed E-state index contributed by atoms with van der Waals surface area (Å²) in [5.74, 6) is 0.811. The molecule has 1 heterocycles. The fourth-order valence-corrected chi connectivity index (χ4v) is 0.566. The number of hydrogen-bond acceptors (Lipinski definition) is 5. The van der Waals surface area contributed by atoms with Crippen LogP contribution in [-0.4, -0.2) is 17.1 Å². The number of aromatic nitrogens is 2. The van der Waals surface area contributed by atoms with Crippen LogP contribution in [0.25, 0.3) is 0 Å². The van der Waals surface area contributed by atoms with Gasteiger partial charge >= 0.3 is 0 Å². The highest BCUT2D eigenvalue weighted by molar-refractivity contribution is 5.38. The van der Waals surface area contributed by atoms with E-state index in [9.17, 15) is 0 Å². The average Bonchev–Trinajstić information content (AvgIpc) is 1.85. The Morgan fingerprint density at radius 2 is 2.10 bits per heavy atom. The maximum Gasteiger partial charge on any atom is 0.225 e. The van der Waals surface area contributed by atoms with E-state index in [1.807, 2.05) is 0 Å². The van der Waals surface area contributed by atoms with E-state index in [2.05, 4.69) is 9.97 Å². The van der Waals surface area contributed by atoms with Crippen LogP contribution in [0.1, 0.15) is 0 Å². The van der Waals surface area contributed by atoms with Crippen molar-refractivity contribution >= 4 is 11.8 Å². The highest BCUT2D eigenvalue weighted by Gasteiger charge is 1.96. The van der Waals surface area contributed by atoms with E-state index in [4.69, 9.17) is 16.2 Å². The number of nitrogens with zero attached hydrogens (tertiary/aromatic N) is 2. The Balaban J connectivity index is 3.06. The van der Waals surface area contributed by atoms with E-state index in [-0.39, 0.29) is 5.95 Å². The lowest BCUT2D eigenvalue weighted by Crippen LogP contribution is -2.00. The lowest BCUT2D eigenvalue weighted by molar-refractivity contribution is 0.398. The summed E-state index contributed by atoms with van der Waals surface area (Å²) in [6.45, 7) is 0. The summed E-state index contributed by atoms with van der Waals surface area (Å²) in [7, 11) is 1.49. The third-order valence-corrected chi connectivity index (χ3v) is 0.949. The highest BCUT2D eigenvalue weighted by Crippen LogP contribution is 2.09. The minimum Gasteiger partial charge on any atom is -0.481 e. The number of nitrogens with two attached hydrogens (primary N) is 2. The largest absolute Gasteiger partial charge is 0.481 e. The molecule has 4 N–H and O–H groups in total. The van der Waals surface area contributed by atoms with Gasteiger partial charge in [-0.05, 0) is 0 Å². The minimum atomic E-state index is 0.122. The van der Waals surface area contributed by atoms with Gasteiger partial charge in [0.15, 0.2) is 0 Å². The molecule has 1 aromatic rings. The first kappa shape index (κ1) is 6.60. The smallest absolute Gasteiger partial charge is 0.225 e. The van der Waals surface area contributed by atoms with Crippen LogP contribution in [0.2, 0.25) is 0 Å². The SMILES string of the molecule is COc1cc(N)nc(N)n1. The average molecular weight is 140 g/mol. The first-order chi connectivity index (χ1) is 4.72. The van der Waals surface area contributed by atoms with Gasteiger partial charge in [-0.3, -0.25) is 0 Å². The molecule has 0 fully saturated rings. The molecule has 0 atom stereocenters. The Hall–Kier alpha value is -1.52. The summed E-state index contributed by atoms with van der Waals surface area (Å²) >= 11 is 0. The molecule has 1 aromatic heterocycles. The molecule has 0 unspecified atom stereocenters. The number of hydrogen-bond donors (Lipinski definition) is 2. The standard InChI is InChI=1S/C5H8N4O/c1-10-4-2-3(6)8-5(7)9-4/h2H,1H3,(H4,6,7,8,9). The number of ether oxygens (including phenoxy) is 1. The molecule has 5 heteroatoms. The number of rotatable bonds is 1. The van der Waals surface area contributed by atoms with Gasteiger partial charge in [0.1, 0.15) is 5.82 Å². The summed E-state index contributed by atoms with van der Waals surface area (Å²) in [4.78, 5) is 7.36. The second kappa shape index (κ2) is 2.38. The van der Waals surface area contributed by atoms with Gasteiger partial charge in [-0.2, -0.15) is 9.97 Å². The zero-order valence-electron chi connectivity index (χ0n) is 5.53. The molecule has 0 aliphatic carbocycles. The summed E-state index contributed by atoms with van der Waals surface area (Å²) < 4.78 is 4.76. The van der Waals surface area contributed by atoms with Gasteiger partial charge in [0, 0.05) is 6.07 Å². The van der Waals surface area contributed by atoms with Crippen molar-refractivity contribution in [2.45, 2.75) is 0 Å². The molecule has 0 aliphatic heterocycles. The fourth-order valence-electron chi connectivity index (χ4n) is 0.566. The molecule has 0 saturated heterocycles. The van der Waals surface area contributed by atoms with E-state index in [0.717, 1.165) is 0 Å². The van der Waals surface area contributed by atoms with E-state index in [1.165, 1.54) is 13.2 Å². The molecular formula is C5H8N4O. The predicted molar refractivity (Wildman–Crippen MR) is 37.4 cm³/mol. The van der Waals surface area contributed by atoms with Crippen LogP contribution in [-0.2, 0) is 0 Å². The molecule has 1 rings (SSSR count). The predicted octanol–water partition coefficient (Wildman–Crippen LogP) is -0.350. The molecule has 0 amide bonds. The van der Waals surface area contributed by atoms with Gasteiger partial charge in [-0.25, -0.2) is 0 Å². The van der Waals surface area contributed by atoms with Crippen molar-refractivity contribution in [1.29, 1.82) is 0 Å². The van der Waals surface area contributed by atoms with Crippen LogP contribution in [0.15, 0.2) is 6.07 Å². The molecule has 0 saturated carbocycles. The zero-order valence-corrected chi connectivity index (χ0v) is 5.53. The third kappa shape index (κ3) is 1.25. The quantitative estimate of drug-likeness (QED) is 0.556. The maximum absolute atomic E-state index is 5.32. The highest BCUT2D eigenvalue weighted by atomic mass is 16.5. The molecule has 5 nitrogen and oxygen atoms in total. The first-order valence-electron chi connectivity index (χ1n) is 2.66. The van der Waals surface area contributed by atoms with Crippen molar-refractivity contribution in [3.63, 3.8) is 0 Å². The Morgan fingerprint density at radius 3 is 2.60 bits per heavy atom. The van der Waals surface area contributed by atoms with Crippen molar-refractivity contribution in [2.75, 3.05) is 18.6 Å². The van der Waals surface area contributed by atoms with Crippen LogP contribution < -0.4 is 16.2 Å². The van der Waals surface area contributed by atoms with Gasteiger partial charge < -0.3 is 16.2 Å². The second-order valence-electron chi connectivity index (χ2n) is 1.69. The molecule has 10 heavy (non-hydrogen) atoms. The number of nitrogen functional groups attached to an aromatic ring is 2. The van der Waals surface area contributed by atoms with Crippen molar-refractivity contribution in [3.8, 4) is 5.88 Å². The summed E-state index contributed by atoms with van der Waals surface area (Å²) in [6, 6.07) is 1.50. The zero-order chi connectivity index (χ0) is 7.56. The molecule has 54 valence electrons. The fraction of sp³-hybridized carbons (Fsp3) is 0.200. The second-order valence-corrected chi connectivity index (χ2v) is 1.69. The maximum atomic E-state index is 5.32. The van der Waals surface area contributed by atoms with Crippen LogP contribution in [0.4, 0.5) is 11.8 Å². The first-order valence-corrected chi connectivity index (χ1v) is 2.66. The van der Waals surface area contributed by atoms with Crippen molar-refractivity contribution in [2.24, 2.45) is 0 Å². The van der Waals surface area contributed by atoms with Crippen LogP contribution in [0.3, 0.4) is 0 Å². The van der Waals surface area contributed by atoms with Gasteiger partial charge in [-0.15, -0.1) is 0 Å². The molecule has 0 aliphatic rings. The van der Waals surface area contributed by atoms with Crippen molar-refractivity contribution in [1.82, 2.24) is 9.97 Å². The van der Waals surface area contributed by atoms with E-state index < -0.39 is 0 Å². The monoisotopic (exact) mass is 140 g/mol. The van der Waals surface area contributed by atoms with Crippen molar-refractivity contribution in [3.05, 3.63) is 6.07 Å². The van der Waals surface area contributed by atoms with E-state index in [0.29, 0.717) is 11.7 Å². The Kier molecular flexibility index (Phi) is 1.57. The molecule has 0 bridgehead atoms. The summed E-state index contributed by atoms with van der Waals surface area (Å²) in [6.07, 6.45) is 0. The summed E-state index contributed by atoms with van der Waals surface area (Å²) in [5, 5.41) is 0. The minimum absolute atomic E-state index is 0.122. The lowest BCUT2D eigenvalue weighted by Gasteiger charge is -1.99. The summed E-state index contributed by atoms with van der Waals surface area (Å²) in [5.41, 5.74) is 10.6. The van der Waals surface area contributed by atoms with Crippen LogP contribution in [0, 0.1) is 0 Å². The van der Waals surface area contributed by atoms with Crippen LogP contribution in [0.5, 0.6) is 5.88 Å². The number of anilines is 2. The van der Waals surface area contributed by atoms with Gasteiger partial charge in [0.25, 0.3) is 0 Å². The van der Waals surface area contributed by atoms with Crippen molar-refractivity contribution < 1.29 is 4.74 Å². The lowest BCUT2D eigenvalue weighted by atomic mass is 10.6. The normalized spacial score (nSPS) is 9.30. The van der Waals surface area contributed by atoms with E-state index >= 15 is 0 Å².